The Morgan fingerprint density at radius 2 is 1.07 bits per heavy atom. The summed E-state index contributed by atoms with van der Waals surface area (Å²) in [6.45, 7) is 6.69. The van der Waals surface area contributed by atoms with Crippen LogP contribution in [-0.2, 0) is 58.6 Å². The lowest BCUT2D eigenvalue weighted by molar-refractivity contribution is -0.180. The van der Waals surface area contributed by atoms with Crippen molar-refractivity contribution in [2.24, 2.45) is 0 Å². The standard InChI is InChI=1S/C38H38N6O11S4/c1-16(53-18(3)45)35-31(51)43-27-33(21-12-8-10-14-23(21)39-27,25(48)37(43,58-56-35)29(49)41(35)6)34-22-13-9-11-15-24(22)40-28(34)44-32(52)36(17(2)54-19(4)46)42(7)30(50)38(44,59-57-36)26(34)55-20(5)47/h8-17,25-28,39-40,48H,1-7H3/t16?,17?,25-,26-,27+,28+,33+,34+,35-,36-,37-,38-/m0/s1. The minimum absolute atomic E-state index is 0.445. The van der Waals surface area contributed by atoms with Crippen LogP contribution in [-0.4, -0.2) is 137 Å². The maximum absolute atomic E-state index is 15.7. The van der Waals surface area contributed by atoms with Crippen molar-refractivity contribution in [3.63, 3.8) is 0 Å². The molecule has 12 atom stereocenters. The maximum Gasteiger partial charge on any atom is 0.303 e. The Morgan fingerprint density at radius 1 is 0.644 bits per heavy atom. The van der Waals surface area contributed by atoms with Gasteiger partial charge in [0, 0.05) is 46.2 Å². The number of carbonyl (C=O) groups is 7. The monoisotopic (exact) mass is 882 g/mol. The number of ether oxygens (including phenoxy) is 3. The summed E-state index contributed by atoms with van der Waals surface area (Å²) in [5.74, 6) is -4.63. The van der Waals surface area contributed by atoms with Gasteiger partial charge in [0.1, 0.15) is 30.6 Å². The molecule has 0 radical (unpaired) electrons. The van der Waals surface area contributed by atoms with Gasteiger partial charge in [-0.05, 0) is 80.3 Å². The smallest absolute Gasteiger partial charge is 0.303 e. The number of likely N-dealkylation sites (N-methyl/N-ethyl adjacent to an activating group) is 2. The number of nitrogens with zero attached hydrogens (tertiary/aromatic N) is 4. The third-order valence-electron chi connectivity index (χ3n) is 13.6. The van der Waals surface area contributed by atoms with Crippen molar-refractivity contribution in [1.82, 2.24) is 19.6 Å². The van der Waals surface area contributed by atoms with E-state index in [2.05, 4.69) is 10.6 Å². The first-order valence-electron chi connectivity index (χ1n) is 18.8. The number of carbonyl (C=O) groups excluding carboxylic acids is 7. The zero-order valence-corrected chi connectivity index (χ0v) is 35.8. The Bertz CT molecular complexity index is 2380. The molecule has 2 aromatic rings. The van der Waals surface area contributed by atoms with Crippen LogP contribution in [0, 0.1) is 0 Å². The number of amides is 4. The molecule has 59 heavy (non-hydrogen) atoms. The highest BCUT2D eigenvalue weighted by atomic mass is 33.1. The van der Waals surface area contributed by atoms with Gasteiger partial charge in [-0.25, -0.2) is 0 Å². The molecular formula is C38H38N6O11S4. The highest BCUT2D eigenvalue weighted by molar-refractivity contribution is 8.78. The van der Waals surface area contributed by atoms with Crippen LogP contribution in [0.25, 0.3) is 0 Å². The zero-order chi connectivity index (χ0) is 42.1. The average molecular weight is 883 g/mol. The molecule has 10 aliphatic rings. The molecule has 10 heterocycles. The van der Waals surface area contributed by atoms with E-state index in [0.29, 0.717) is 22.5 Å². The highest BCUT2D eigenvalue weighted by Crippen LogP contribution is 2.79. The summed E-state index contributed by atoms with van der Waals surface area (Å²) in [6, 6.07) is 14.1. The van der Waals surface area contributed by atoms with Gasteiger partial charge in [-0.3, -0.25) is 43.4 Å². The predicted molar refractivity (Wildman–Crippen MR) is 216 cm³/mol. The molecule has 0 aliphatic carbocycles. The van der Waals surface area contributed by atoms with Crippen molar-refractivity contribution in [1.29, 1.82) is 0 Å². The van der Waals surface area contributed by atoms with Gasteiger partial charge in [-0.2, -0.15) is 0 Å². The van der Waals surface area contributed by atoms with Crippen molar-refractivity contribution < 1.29 is 52.9 Å². The van der Waals surface area contributed by atoms with Crippen molar-refractivity contribution in [2.45, 2.75) is 102 Å². The van der Waals surface area contributed by atoms with Crippen LogP contribution >= 0.6 is 43.2 Å². The fourth-order valence-electron chi connectivity index (χ4n) is 11.6. The topological polar surface area (TPSA) is 204 Å². The second kappa shape index (κ2) is 11.9. The maximum atomic E-state index is 15.7. The number of aliphatic hydroxyl groups is 1. The number of aliphatic hydroxyl groups excluding tert-OH is 1. The van der Waals surface area contributed by atoms with Gasteiger partial charge in [0.15, 0.2) is 6.10 Å². The average Bonchev–Trinajstić information content (AvgIpc) is 3.84. The summed E-state index contributed by atoms with van der Waals surface area (Å²) in [6.07, 6.45) is -8.31. The molecule has 4 bridgehead atoms. The fraction of sp³-hybridized carbons (Fsp3) is 0.500. The van der Waals surface area contributed by atoms with Crippen LogP contribution in [0.2, 0.25) is 0 Å². The third kappa shape index (κ3) is 3.86. The zero-order valence-electron chi connectivity index (χ0n) is 32.5. The third-order valence-corrected chi connectivity index (χ3v) is 21.1. The Labute approximate surface area is 353 Å². The Balaban J connectivity index is 1.31. The van der Waals surface area contributed by atoms with E-state index < -0.39 is 109 Å². The number of rotatable bonds is 6. The summed E-state index contributed by atoms with van der Waals surface area (Å²) in [7, 11) is 6.90. The van der Waals surface area contributed by atoms with Gasteiger partial charge < -0.3 is 39.8 Å². The largest absolute Gasteiger partial charge is 0.459 e. The number of anilines is 2. The molecule has 310 valence electrons. The molecule has 2 spiro atoms. The first kappa shape index (κ1) is 38.9. The minimum atomic E-state index is -2.03. The van der Waals surface area contributed by atoms with E-state index >= 15 is 19.2 Å². The van der Waals surface area contributed by atoms with Gasteiger partial charge >= 0.3 is 17.9 Å². The van der Waals surface area contributed by atoms with Crippen LogP contribution < -0.4 is 10.6 Å². The van der Waals surface area contributed by atoms with Gasteiger partial charge in [-0.15, -0.1) is 0 Å². The molecule has 21 heteroatoms. The molecule has 8 fully saturated rings. The van der Waals surface area contributed by atoms with Gasteiger partial charge in [-0.1, -0.05) is 36.4 Å². The summed E-state index contributed by atoms with van der Waals surface area (Å²) < 4.78 is 17.8. The Kier molecular flexibility index (Phi) is 7.87. The van der Waals surface area contributed by atoms with E-state index in [1.54, 1.807) is 48.5 Å². The molecule has 17 nitrogen and oxygen atoms in total. The first-order valence-corrected chi connectivity index (χ1v) is 23.1. The lowest BCUT2D eigenvalue weighted by Gasteiger charge is -2.60. The molecular weight excluding hydrogens is 845 g/mol. The van der Waals surface area contributed by atoms with Crippen LogP contribution in [0.3, 0.4) is 0 Å². The van der Waals surface area contributed by atoms with E-state index in [4.69, 9.17) is 14.2 Å². The van der Waals surface area contributed by atoms with Crippen molar-refractivity contribution in [3.05, 3.63) is 59.7 Å². The van der Waals surface area contributed by atoms with E-state index in [0.717, 1.165) is 43.2 Å². The predicted octanol–water partition coefficient (Wildman–Crippen LogP) is 1.76. The first-order chi connectivity index (χ1) is 27.9. The summed E-state index contributed by atoms with van der Waals surface area (Å²) >= 11 is 0. The molecule has 10 aliphatic heterocycles. The Hall–Kier alpha value is -4.31. The van der Waals surface area contributed by atoms with Crippen LogP contribution in [0.5, 0.6) is 0 Å². The molecule has 0 aromatic heterocycles. The van der Waals surface area contributed by atoms with Crippen molar-refractivity contribution >= 4 is 96.1 Å². The molecule has 12 rings (SSSR count). The van der Waals surface area contributed by atoms with E-state index in [9.17, 15) is 19.5 Å². The SMILES string of the molecule is CC(=O)OC(C)[C@@]12SS[C@]3(C(=O)N1C)[C@@H](O)[C@]1([C@@]45c6ccccc6N[C@@H]4N4C(=O)[C@]6(C(C)OC(C)=O)SS[C@]4(C(=O)N6C)[C@H]5OC(C)=O)c4ccccc4N[C@@H]1N3C2=O. The lowest BCUT2D eigenvalue weighted by Crippen LogP contribution is -2.80. The van der Waals surface area contributed by atoms with E-state index in [1.165, 1.54) is 68.3 Å². The molecule has 2 aromatic carbocycles. The second-order valence-electron chi connectivity index (χ2n) is 16.0. The number of piperazine rings is 2. The molecule has 4 amide bonds. The van der Waals surface area contributed by atoms with Crippen LogP contribution in [0.15, 0.2) is 48.5 Å². The number of fused-ring (bicyclic) bond motifs is 11. The number of para-hydroxylation sites is 2. The molecule has 0 saturated carbocycles. The quantitative estimate of drug-likeness (QED) is 0.215. The van der Waals surface area contributed by atoms with Gasteiger partial charge in [0.2, 0.25) is 19.5 Å². The number of esters is 3. The lowest BCUT2D eigenvalue weighted by atomic mass is 9.52. The van der Waals surface area contributed by atoms with Crippen LogP contribution in [0.1, 0.15) is 45.7 Å². The summed E-state index contributed by atoms with van der Waals surface area (Å²) in [5, 5.41) is 20.8. The van der Waals surface area contributed by atoms with Crippen LogP contribution in [0.4, 0.5) is 11.4 Å². The van der Waals surface area contributed by atoms with Crippen molar-refractivity contribution in [2.75, 3.05) is 24.7 Å². The number of benzene rings is 2. The second-order valence-corrected chi connectivity index (χ2v) is 21.2. The summed E-state index contributed by atoms with van der Waals surface area (Å²) in [5.41, 5.74) is -1.88. The normalized spacial score (nSPS) is 40.0. The van der Waals surface area contributed by atoms with E-state index in [1.807, 2.05) is 0 Å². The van der Waals surface area contributed by atoms with Gasteiger partial charge in [0.05, 0.1) is 10.8 Å². The van der Waals surface area contributed by atoms with Gasteiger partial charge in [0.25, 0.3) is 23.6 Å². The Morgan fingerprint density at radius 3 is 1.56 bits per heavy atom. The molecule has 3 N–H and O–H groups in total. The highest BCUT2D eigenvalue weighted by Gasteiger charge is 2.94. The minimum Gasteiger partial charge on any atom is -0.459 e. The molecule has 2 unspecified atom stereocenters. The van der Waals surface area contributed by atoms with Crippen molar-refractivity contribution in [3.8, 4) is 0 Å². The number of hydrogen-bond acceptors (Lipinski definition) is 17. The van der Waals surface area contributed by atoms with E-state index in [-0.39, 0.29) is 0 Å². The number of nitrogens with one attached hydrogen (secondary N) is 2. The fourth-order valence-corrected chi connectivity index (χ4v) is 19.6. The number of hydrogen-bond donors (Lipinski definition) is 3. The molecule has 8 saturated heterocycles. The summed E-state index contributed by atoms with van der Waals surface area (Å²) in [4.78, 5) is 98.1.